The monoisotopic (exact) mass is 273 g/mol. The van der Waals surface area contributed by atoms with Gasteiger partial charge in [0.1, 0.15) is 5.25 Å². The third-order valence-corrected chi connectivity index (χ3v) is 3.92. The number of ether oxygens (including phenoxy) is 1. The molecule has 1 atom stereocenters. The van der Waals surface area contributed by atoms with Gasteiger partial charge < -0.3 is 4.74 Å². The average Bonchev–Trinajstić information content (AvgIpc) is 2.46. The van der Waals surface area contributed by atoms with Crippen LogP contribution in [0.25, 0.3) is 0 Å². The first-order chi connectivity index (χ1) is 9.22. The lowest BCUT2D eigenvalue weighted by atomic mass is 10.1. The maximum atomic E-state index is 11.7. The smallest absolute Gasteiger partial charge is 0.320 e. The predicted molar refractivity (Wildman–Crippen MR) is 76.3 cm³/mol. The van der Waals surface area contributed by atoms with Gasteiger partial charge >= 0.3 is 5.97 Å². The van der Waals surface area contributed by atoms with Crippen molar-refractivity contribution in [3.05, 3.63) is 35.4 Å². The van der Waals surface area contributed by atoms with E-state index in [1.807, 2.05) is 25.1 Å². The van der Waals surface area contributed by atoms with Crippen LogP contribution in [0.4, 0.5) is 0 Å². The van der Waals surface area contributed by atoms with E-state index in [1.54, 1.807) is 6.07 Å². The van der Waals surface area contributed by atoms with Gasteiger partial charge in [0.05, 0.1) is 11.6 Å². The first-order valence-corrected chi connectivity index (χ1v) is 6.97. The number of hydrogen-bond acceptors (Lipinski definition) is 4. The Morgan fingerprint density at radius 2 is 2.26 bits per heavy atom. The lowest BCUT2D eigenvalue weighted by Gasteiger charge is -2.13. The molecule has 4 heteroatoms. The summed E-state index contributed by atoms with van der Waals surface area (Å²) in [6, 6.07) is 9.52. The Morgan fingerprint density at radius 1 is 1.53 bits per heavy atom. The van der Waals surface area contributed by atoms with E-state index in [0.717, 1.165) is 5.56 Å². The second kappa shape index (κ2) is 8.24. The molecule has 1 aromatic rings. The minimum absolute atomic E-state index is 0.00464. The molecule has 0 aromatic heterocycles. The standard InChI is InChI=1S/C15H15NO2S/c1-3-9-18-15(17)14(4-2)19-11-13-8-6-5-7-12(13)10-16/h1,5-8,14H,4,9,11H2,2H3. The number of nitrogens with zero attached hydrogens (tertiary/aromatic N) is 1. The number of nitriles is 1. The minimum atomic E-state index is -0.292. The van der Waals surface area contributed by atoms with Gasteiger partial charge in [0.2, 0.25) is 0 Å². The van der Waals surface area contributed by atoms with Gasteiger partial charge in [0, 0.05) is 5.75 Å². The molecular formula is C15H15NO2S. The molecule has 1 rings (SSSR count). The molecule has 0 spiro atoms. The lowest BCUT2D eigenvalue weighted by molar-refractivity contribution is -0.141. The molecule has 19 heavy (non-hydrogen) atoms. The molecule has 0 aliphatic carbocycles. The van der Waals surface area contributed by atoms with Crippen molar-refractivity contribution in [1.82, 2.24) is 0 Å². The third-order valence-electron chi connectivity index (χ3n) is 2.51. The van der Waals surface area contributed by atoms with Crippen LogP contribution >= 0.6 is 11.8 Å². The summed E-state index contributed by atoms with van der Waals surface area (Å²) in [5.74, 6) is 2.59. The summed E-state index contributed by atoms with van der Waals surface area (Å²) in [6.45, 7) is 1.93. The molecule has 1 aromatic carbocycles. The molecule has 0 amide bonds. The van der Waals surface area contributed by atoms with E-state index in [-0.39, 0.29) is 17.8 Å². The van der Waals surface area contributed by atoms with Crippen molar-refractivity contribution in [1.29, 1.82) is 5.26 Å². The van der Waals surface area contributed by atoms with E-state index in [0.29, 0.717) is 17.7 Å². The predicted octanol–water partition coefficient (Wildman–Crippen LogP) is 2.75. The molecule has 98 valence electrons. The first-order valence-electron chi connectivity index (χ1n) is 5.92. The first kappa shape index (κ1) is 15.1. The molecule has 0 saturated heterocycles. The maximum Gasteiger partial charge on any atom is 0.320 e. The zero-order chi connectivity index (χ0) is 14.1. The zero-order valence-electron chi connectivity index (χ0n) is 10.8. The lowest BCUT2D eigenvalue weighted by Crippen LogP contribution is -2.20. The Labute approximate surface area is 118 Å². The van der Waals surface area contributed by atoms with Crippen LogP contribution in [0.2, 0.25) is 0 Å². The van der Waals surface area contributed by atoms with E-state index in [2.05, 4.69) is 12.0 Å². The van der Waals surface area contributed by atoms with Crippen LogP contribution in [0.1, 0.15) is 24.5 Å². The van der Waals surface area contributed by atoms with Gasteiger partial charge in [0.25, 0.3) is 0 Å². The van der Waals surface area contributed by atoms with Crippen molar-refractivity contribution in [3.63, 3.8) is 0 Å². The van der Waals surface area contributed by atoms with E-state index in [1.165, 1.54) is 11.8 Å². The summed E-state index contributed by atoms with van der Waals surface area (Å²) in [5, 5.41) is 8.74. The summed E-state index contributed by atoms with van der Waals surface area (Å²) in [4.78, 5) is 11.7. The normalized spacial score (nSPS) is 11.1. The molecule has 0 fully saturated rings. The van der Waals surface area contributed by atoms with Gasteiger partial charge in [-0.05, 0) is 18.1 Å². The molecule has 1 unspecified atom stereocenters. The molecule has 0 heterocycles. The summed E-state index contributed by atoms with van der Waals surface area (Å²) >= 11 is 1.47. The van der Waals surface area contributed by atoms with Crippen LogP contribution in [0.15, 0.2) is 24.3 Å². The molecule has 3 nitrogen and oxygen atoms in total. The Morgan fingerprint density at radius 3 is 2.89 bits per heavy atom. The van der Waals surface area contributed by atoms with E-state index in [9.17, 15) is 4.79 Å². The van der Waals surface area contributed by atoms with E-state index < -0.39 is 0 Å². The van der Waals surface area contributed by atoms with Crippen molar-refractivity contribution in [2.45, 2.75) is 24.3 Å². The van der Waals surface area contributed by atoms with Gasteiger partial charge in [-0.15, -0.1) is 18.2 Å². The topological polar surface area (TPSA) is 50.1 Å². The third kappa shape index (κ3) is 4.69. The number of rotatable bonds is 6. The molecule has 0 aliphatic heterocycles. The van der Waals surface area contributed by atoms with Gasteiger partial charge in [-0.25, -0.2) is 0 Å². The fourth-order valence-electron chi connectivity index (χ4n) is 1.50. The minimum Gasteiger partial charge on any atom is -0.452 e. The maximum absolute atomic E-state index is 11.7. The van der Waals surface area contributed by atoms with Gasteiger partial charge in [-0.1, -0.05) is 31.0 Å². The van der Waals surface area contributed by atoms with E-state index in [4.69, 9.17) is 16.4 Å². The summed E-state index contributed by atoms with van der Waals surface area (Å²) in [6.07, 6.45) is 5.72. The second-order valence-electron chi connectivity index (χ2n) is 3.79. The Kier molecular flexibility index (Phi) is 6.57. The largest absolute Gasteiger partial charge is 0.452 e. The average molecular weight is 273 g/mol. The highest BCUT2D eigenvalue weighted by Gasteiger charge is 2.18. The SMILES string of the molecule is C#CCOC(=O)C(CC)SCc1ccccc1C#N. The highest BCUT2D eigenvalue weighted by molar-refractivity contribution is 7.99. The summed E-state index contributed by atoms with van der Waals surface area (Å²) in [7, 11) is 0. The van der Waals surface area contributed by atoms with Gasteiger partial charge in [0.15, 0.2) is 6.61 Å². The number of carbonyl (C=O) groups excluding carboxylic acids is 1. The fraction of sp³-hybridized carbons (Fsp3) is 0.333. The number of benzene rings is 1. The van der Waals surface area contributed by atoms with Crippen LogP contribution in [0, 0.1) is 23.7 Å². The Balaban J connectivity index is 2.61. The van der Waals surface area contributed by atoms with Crippen LogP contribution in [0.5, 0.6) is 0 Å². The van der Waals surface area contributed by atoms with Gasteiger partial charge in [-0.3, -0.25) is 4.79 Å². The molecular weight excluding hydrogens is 258 g/mol. The van der Waals surface area contributed by atoms with Crippen molar-refractivity contribution >= 4 is 17.7 Å². The zero-order valence-corrected chi connectivity index (χ0v) is 11.6. The summed E-state index contributed by atoms with van der Waals surface area (Å²) in [5.41, 5.74) is 1.57. The Hall–Kier alpha value is -1.91. The van der Waals surface area contributed by atoms with Crippen molar-refractivity contribution < 1.29 is 9.53 Å². The highest BCUT2D eigenvalue weighted by Crippen LogP contribution is 2.23. The van der Waals surface area contributed by atoms with Crippen LogP contribution in [0.3, 0.4) is 0 Å². The summed E-state index contributed by atoms with van der Waals surface area (Å²) < 4.78 is 4.93. The second-order valence-corrected chi connectivity index (χ2v) is 4.98. The van der Waals surface area contributed by atoms with Crippen LogP contribution < -0.4 is 0 Å². The number of terminal acetylenes is 1. The molecule has 0 radical (unpaired) electrons. The van der Waals surface area contributed by atoms with Crippen molar-refractivity contribution in [3.8, 4) is 18.4 Å². The number of thioether (sulfide) groups is 1. The molecule has 0 aliphatic rings. The quantitative estimate of drug-likeness (QED) is 0.590. The molecule has 0 saturated carbocycles. The molecule has 0 bridgehead atoms. The van der Waals surface area contributed by atoms with E-state index >= 15 is 0 Å². The van der Waals surface area contributed by atoms with Crippen molar-refractivity contribution in [2.24, 2.45) is 0 Å². The fourth-order valence-corrected chi connectivity index (χ4v) is 2.58. The molecule has 0 N–H and O–H groups in total. The van der Waals surface area contributed by atoms with Crippen molar-refractivity contribution in [2.75, 3.05) is 6.61 Å². The Bertz CT molecular complexity index is 514. The number of esters is 1. The van der Waals surface area contributed by atoms with Crippen LogP contribution in [-0.4, -0.2) is 17.8 Å². The van der Waals surface area contributed by atoms with Gasteiger partial charge in [-0.2, -0.15) is 5.26 Å². The number of carbonyl (C=O) groups is 1. The number of hydrogen-bond donors (Lipinski definition) is 0. The highest BCUT2D eigenvalue weighted by atomic mass is 32.2. The van der Waals surface area contributed by atoms with Crippen LogP contribution in [-0.2, 0) is 15.3 Å².